The molecule has 0 radical (unpaired) electrons. The highest BCUT2D eigenvalue weighted by atomic mass is 35.7. The van der Waals surface area contributed by atoms with E-state index >= 15 is 0 Å². The van der Waals surface area contributed by atoms with E-state index in [4.69, 9.17) is 0 Å². The Balaban J connectivity index is 5.07. The summed E-state index contributed by atoms with van der Waals surface area (Å²) >= 11 is 8.42. The van der Waals surface area contributed by atoms with Crippen molar-refractivity contribution in [3.8, 4) is 0 Å². The molecule has 92 valence electrons. The third kappa shape index (κ3) is 3.76. The van der Waals surface area contributed by atoms with Gasteiger partial charge in [0.1, 0.15) is 0 Å². The lowest BCUT2D eigenvalue weighted by Gasteiger charge is -2.25. The molecule has 0 aliphatic carbocycles. The van der Waals surface area contributed by atoms with Crippen molar-refractivity contribution in [3.63, 3.8) is 0 Å². The Morgan fingerprint density at radius 2 is 1.33 bits per heavy atom. The molecule has 0 saturated heterocycles. The first-order chi connectivity index (χ1) is 6.21. The van der Waals surface area contributed by atoms with Crippen LogP contribution in [-0.2, 0) is 9.05 Å². The normalized spacial score (nSPS) is 18.7. The van der Waals surface area contributed by atoms with Crippen molar-refractivity contribution in [2.24, 2.45) is 0 Å². The van der Waals surface area contributed by atoms with Gasteiger partial charge in [0.15, 0.2) is 0 Å². The predicted molar refractivity (Wildman–Crippen MR) is 44.8 cm³/mol. The van der Waals surface area contributed by atoms with Crippen LogP contribution in [0, 0.1) is 0 Å². The van der Waals surface area contributed by atoms with Gasteiger partial charge in [0.25, 0.3) is 14.2 Å². The van der Waals surface area contributed by atoms with E-state index < -0.39 is 31.2 Å². The quantitative estimate of drug-likeness (QED) is 0.453. The van der Waals surface area contributed by atoms with Crippen molar-refractivity contribution >= 4 is 42.9 Å². The molecule has 2 nitrogen and oxygen atoms in total. The summed E-state index contributed by atoms with van der Waals surface area (Å²) in [6, 6.07) is 0. The van der Waals surface area contributed by atoms with E-state index in [-0.39, 0.29) is 0 Å². The number of rotatable bonds is 4. The zero-order chi connectivity index (χ0) is 12.7. The van der Waals surface area contributed by atoms with Crippen LogP contribution >= 0.6 is 33.9 Å². The SMILES string of the molecule is O=S(=O)(Cl)C(F)(F)CC(F)(Cl)C(F)(F)Cl. The van der Waals surface area contributed by atoms with E-state index in [1.807, 2.05) is 0 Å². The highest BCUT2D eigenvalue weighted by Gasteiger charge is 2.61. The molecule has 0 aromatic heterocycles. The first-order valence-corrected chi connectivity index (χ1v) is 6.04. The van der Waals surface area contributed by atoms with Crippen molar-refractivity contribution in [1.82, 2.24) is 0 Å². The van der Waals surface area contributed by atoms with Crippen LogP contribution in [0.1, 0.15) is 6.42 Å². The highest BCUT2D eigenvalue weighted by Crippen LogP contribution is 2.47. The molecule has 0 aliphatic rings. The van der Waals surface area contributed by atoms with Crippen LogP contribution in [0.5, 0.6) is 0 Å². The van der Waals surface area contributed by atoms with E-state index in [0.717, 1.165) is 0 Å². The van der Waals surface area contributed by atoms with E-state index in [0.29, 0.717) is 0 Å². The fourth-order valence-corrected chi connectivity index (χ4v) is 1.29. The van der Waals surface area contributed by atoms with Gasteiger partial charge in [0.2, 0.25) is 0 Å². The maximum absolute atomic E-state index is 12.7. The fourth-order valence-electron chi connectivity index (χ4n) is 0.445. The largest absolute Gasteiger partial charge is 0.369 e. The van der Waals surface area contributed by atoms with Crippen LogP contribution in [0.4, 0.5) is 22.0 Å². The maximum Gasteiger partial charge on any atom is 0.369 e. The molecule has 0 amide bonds. The van der Waals surface area contributed by atoms with E-state index in [9.17, 15) is 30.4 Å². The lowest BCUT2D eigenvalue weighted by atomic mass is 10.3. The molecule has 11 heteroatoms. The van der Waals surface area contributed by atoms with E-state index in [2.05, 4.69) is 33.9 Å². The first kappa shape index (κ1) is 15.5. The number of alkyl halides is 7. The predicted octanol–water partition coefficient (Wildman–Crippen LogP) is 3.27. The molecular weight excluding hydrogens is 313 g/mol. The Bertz CT molecular complexity index is 335. The van der Waals surface area contributed by atoms with Crippen LogP contribution in [0.2, 0.25) is 0 Å². The van der Waals surface area contributed by atoms with Gasteiger partial charge in [-0.3, -0.25) is 0 Å². The van der Waals surface area contributed by atoms with E-state index in [1.165, 1.54) is 0 Å². The number of halogens is 8. The Labute approximate surface area is 95.7 Å². The highest BCUT2D eigenvalue weighted by molar-refractivity contribution is 8.14. The molecule has 0 heterocycles. The Hall–Kier alpha value is 0.470. The molecule has 0 aromatic carbocycles. The smallest absolute Gasteiger partial charge is 0.218 e. The second-order valence-electron chi connectivity index (χ2n) is 2.45. The summed E-state index contributed by atoms with van der Waals surface area (Å²) in [5.41, 5.74) is 0. The standard InChI is InChI=1S/C4H2Cl3F5O2S/c5-2(8,4(6,11)12)1-3(9,10)15(7,13)14/h1H2. The Morgan fingerprint density at radius 1 is 1.00 bits per heavy atom. The van der Waals surface area contributed by atoms with Crippen molar-refractivity contribution < 1.29 is 30.4 Å². The minimum atomic E-state index is -5.57. The zero-order valence-electron chi connectivity index (χ0n) is 6.46. The van der Waals surface area contributed by atoms with Gasteiger partial charge in [-0.05, 0) is 11.6 Å². The molecule has 0 rings (SSSR count). The minimum absolute atomic E-state index is 2.57. The fraction of sp³-hybridized carbons (Fsp3) is 1.00. The molecule has 0 bridgehead atoms. The molecule has 1 atom stereocenters. The summed E-state index contributed by atoms with van der Waals surface area (Å²) in [6.45, 7) is 0. The Morgan fingerprint density at radius 3 is 1.53 bits per heavy atom. The van der Waals surface area contributed by atoms with Gasteiger partial charge < -0.3 is 0 Å². The average Bonchev–Trinajstić information content (AvgIpc) is 1.77. The topological polar surface area (TPSA) is 34.1 Å². The lowest BCUT2D eigenvalue weighted by molar-refractivity contribution is -0.0612. The summed E-state index contributed by atoms with van der Waals surface area (Å²) < 4.78 is 82.3. The van der Waals surface area contributed by atoms with Gasteiger partial charge >= 0.3 is 10.6 Å². The van der Waals surface area contributed by atoms with Crippen LogP contribution in [-0.4, -0.2) is 24.2 Å². The van der Waals surface area contributed by atoms with Crippen molar-refractivity contribution in [2.75, 3.05) is 0 Å². The molecule has 0 N–H and O–H groups in total. The van der Waals surface area contributed by atoms with E-state index in [1.54, 1.807) is 0 Å². The summed E-state index contributed by atoms with van der Waals surface area (Å²) in [5, 5.41) is -14.2. The third-order valence-corrected chi connectivity index (χ3v) is 3.50. The monoisotopic (exact) mass is 314 g/mol. The van der Waals surface area contributed by atoms with Gasteiger partial charge in [0, 0.05) is 10.7 Å². The molecule has 0 spiro atoms. The first-order valence-electron chi connectivity index (χ1n) is 2.97. The summed E-state index contributed by atoms with van der Waals surface area (Å²) in [4.78, 5) is 0. The minimum Gasteiger partial charge on any atom is -0.218 e. The molecular formula is C4H2Cl3F5O2S. The second kappa shape index (κ2) is 4.05. The molecule has 15 heavy (non-hydrogen) atoms. The molecule has 0 aromatic rings. The zero-order valence-corrected chi connectivity index (χ0v) is 9.54. The third-order valence-electron chi connectivity index (χ3n) is 1.20. The molecule has 0 fully saturated rings. The van der Waals surface area contributed by atoms with Gasteiger partial charge in [0.05, 0.1) is 6.42 Å². The van der Waals surface area contributed by atoms with Gasteiger partial charge in [-0.1, -0.05) is 11.6 Å². The van der Waals surface area contributed by atoms with Crippen LogP contribution in [0.3, 0.4) is 0 Å². The molecule has 1 unspecified atom stereocenters. The van der Waals surface area contributed by atoms with Crippen LogP contribution in [0.15, 0.2) is 0 Å². The number of hydrogen-bond donors (Lipinski definition) is 0. The second-order valence-corrected chi connectivity index (χ2v) is 6.22. The summed E-state index contributed by atoms with van der Waals surface area (Å²) in [7, 11) is -1.38. The van der Waals surface area contributed by atoms with Crippen molar-refractivity contribution in [1.29, 1.82) is 0 Å². The maximum atomic E-state index is 12.7. The lowest BCUT2D eigenvalue weighted by Crippen LogP contribution is -2.42. The van der Waals surface area contributed by atoms with Crippen molar-refractivity contribution in [2.45, 2.75) is 22.2 Å². The van der Waals surface area contributed by atoms with Crippen LogP contribution in [0.25, 0.3) is 0 Å². The summed E-state index contributed by atoms with van der Waals surface area (Å²) in [5.74, 6) is 0. The van der Waals surface area contributed by atoms with Gasteiger partial charge in [-0.15, -0.1) is 0 Å². The number of hydrogen-bond acceptors (Lipinski definition) is 2. The Kier molecular flexibility index (Phi) is 4.17. The molecule has 0 saturated carbocycles. The van der Waals surface area contributed by atoms with Crippen molar-refractivity contribution in [3.05, 3.63) is 0 Å². The molecule has 0 aliphatic heterocycles. The van der Waals surface area contributed by atoms with Crippen LogP contribution < -0.4 is 0 Å². The summed E-state index contributed by atoms with van der Waals surface area (Å²) in [6.07, 6.45) is -2.57. The van der Waals surface area contributed by atoms with Gasteiger partial charge in [-0.2, -0.15) is 17.6 Å². The average molecular weight is 315 g/mol. The van der Waals surface area contributed by atoms with Gasteiger partial charge in [-0.25, -0.2) is 12.8 Å².